The molecule has 2 heterocycles. The van der Waals surface area contributed by atoms with E-state index < -0.39 is 11.7 Å². The van der Waals surface area contributed by atoms with Gasteiger partial charge in [0.1, 0.15) is 40.9 Å². The number of amides is 1. The Labute approximate surface area is 212 Å². The zero-order chi connectivity index (χ0) is 25.0. The minimum Gasteiger partial charge on any atom is -0.508 e. The Hall–Kier alpha value is -2.48. The summed E-state index contributed by atoms with van der Waals surface area (Å²) in [6.45, 7) is 5.99. The van der Waals surface area contributed by atoms with E-state index in [4.69, 9.17) is 21.1 Å². The number of rotatable bonds is 9. The van der Waals surface area contributed by atoms with E-state index in [1.165, 1.54) is 12.1 Å². The van der Waals surface area contributed by atoms with Gasteiger partial charge in [0.15, 0.2) is 0 Å². The normalized spacial score (nSPS) is 19.9. The lowest BCUT2D eigenvalue weighted by atomic mass is 9.86. The van der Waals surface area contributed by atoms with E-state index in [1.807, 2.05) is 38.1 Å². The number of carbonyl (C=O) groups excluding carboxylic acids is 1. The van der Waals surface area contributed by atoms with Crippen molar-refractivity contribution in [2.45, 2.75) is 62.7 Å². The molecule has 2 aliphatic rings. The van der Waals surface area contributed by atoms with Gasteiger partial charge < -0.3 is 29.9 Å². The number of para-hydroxylation sites is 1. The third-order valence-electron chi connectivity index (χ3n) is 7.10. The molecule has 0 saturated carbocycles. The first-order valence-corrected chi connectivity index (χ1v) is 12.9. The first-order valence-electron chi connectivity index (χ1n) is 12.4. The van der Waals surface area contributed by atoms with E-state index in [0.29, 0.717) is 12.1 Å². The van der Waals surface area contributed by atoms with Gasteiger partial charge in [-0.1, -0.05) is 32.0 Å². The van der Waals surface area contributed by atoms with Gasteiger partial charge in [0.25, 0.3) is 5.91 Å². The highest BCUT2D eigenvalue weighted by molar-refractivity contribution is 6.22. The maximum Gasteiger partial charge on any atom is 0.255 e. The largest absolute Gasteiger partial charge is 0.508 e. The number of hydrogen-bond acceptors (Lipinski definition) is 6. The molecular weight excluding hydrogens is 468 g/mol. The Balaban J connectivity index is 1.30. The Morgan fingerprint density at radius 1 is 1.23 bits per heavy atom. The van der Waals surface area contributed by atoms with Gasteiger partial charge in [-0.05, 0) is 31.0 Å². The number of β-amino-alcohol motifs (C(OH)–C–C–N with tert-alkyl or cyclic N) is 1. The van der Waals surface area contributed by atoms with Gasteiger partial charge >= 0.3 is 0 Å². The van der Waals surface area contributed by atoms with Crippen molar-refractivity contribution in [3.8, 4) is 17.2 Å². The van der Waals surface area contributed by atoms with E-state index in [-0.39, 0.29) is 35.4 Å². The van der Waals surface area contributed by atoms with Crippen LogP contribution >= 0.6 is 11.6 Å². The number of carbonyl (C=O) groups is 1. The van der Waals surface area contributed by atoms with Crippen molar-refractivity contribution in [2.24, 2.45) is 0 Å². The van der Waals surface area contributed by atoms with Crippen LogP contribution in [0.1, 0.15) is 60.8 Å². The number of alkyl halides is 1. The van der Waals surface area contributed by atoms with E-state index in [9.17, 15) is 15.0 Å². The highest BCUT2D eigenvalue weighted by Gasteiger charge is 2.49. The lowest BCUT2D eigenvalue weighted by molar-refractivity contribution is -0.00447. The second-order valence-electron chi connectivity index (χ2n) is 9.50. The third kappa shape index (κ3) is 5.68. The summed E-state index contributed by atoms with van der Waals surface area (Å²) in [7, 11) is 0. The van der Waals surface area contributed by atoms with Crippen molar-refractivity contribution < 1.29 is 24.5 Å². The molecule has 0 bridgehead atoms. The standard InChI is InChI=1S/C27H35ClN2O5/c1-3-18(4-2)29-26(33)22-10-9-19(31)15-24(22)34-17-20(32)16-30-13-11-27(12-14-30)25(28)21-7-5-6-8-23(21)35-27/h5-10,15,18,20,25,31-32H,3-4,11-14,16-17H2,1-2H3,(H,29,33)/t20-,25-/m0/s1. The first kappa shape index (κ1) is 25.6. The summed E-state index contributed by atoms with van der Waals surface area (Å²) in [5.41, 5.74) is 0.987. The number of phenols is 1. The Kier molecular flexibility index (Phi) is 8.09. The van der Waals surface area contributed by atoms with Gasteiger partial charge in [0, 0.05) is 50.1 Å². The lowest BCUT2D eigenvalue weighted by Crippen LogP contribution is -2.50. The zero-order valence-corrected chi connectivity index (χ0v) is 21.1. The predicted octanol–water partition coefficient (Wildman–Crippen LogP) is 4.26. The molecule has 3 N–H and O–H groups in total. The first-order chi connectivity index (χ1) is 16.8. The SMILES string of the molecule is CCC(CC)NC(=O)c1ccc(O)cc1OC[C@@H](O)CN1CCC2(CC1)Oc1ccccc1[C@@H]2Cl. The fraction of sp³-hybridized carbons (Fsp3) is 0.519. The molecule has 35 heavy (non-hydrogen) atoms. The van der Waals surface area contributed by atoms with Crippen LogP contribution in [0.25, 0.3) is 0 Å². The minimum absolute atomic E-state index is 0.00286. The summed E-state index contributed by atoms with van der Waals surface area (Å²) >= 11 is 6.79. The Morgan fingerprint density at radius 2 is 1.94 bits per heavy atom. The van der Waals surface area contributed by atoms with E-state index in [1.54, 1.807) is 6.07 Å². The van der Waals surface area contributed by atoms with Crippen LogP contribution in [0.4, 0.5) is 0 Å². The number of halogens is 1. The number of nitrogens with one attached hydrogen (secondary N) is 1. The molecule has 2 aliphatic heterocycles. The molecule has 2 aromatic rings. The molecule has 0 unspecified atom stereocenters. The molecule has 1 fully saturated rings. The number of nitrogens with zero attached hydrogens (tertiary/aromatic N) is 1. The number of benzene rings is 2. The van der Waals surface area contributed by atoms with E-state index >= 15 is 0 Å². The van der Waals surface area contributed by atoms with Crippen LogP contribution in [0.3, 0.4) is 0 Å². The molecule has 0 aromatic heterocycles. The average molecular weight is 503 g/mol. The number of aromatic hydroxyl groups is 1. The summed E-state index contributed by atoms with van der Waals surface area (Å²) < 4.78 is 12.1. The topological polar surface area (TPSA) is 91.3 Å². The number of aliphatic hydroxyl groups excluding tert-OH is 1. The number of fused-ring (bicyclic) bond motifs is 1. The number of hydrogen-bond donors (Lipinski definition) is 3. The van der Waals surface area contributed by atoms with Crippen molar-refractivity contribution in [3.05, 3.63) is 53.6 Å². The second-order valence-corrected chi connectivity index (χ2v) is 9.94. The molecule has 7 nitrogen and oxygen atoms in total. The highest BCUT2D eigenvalue weighted by atomic mass is 35.5. The second kappa shape index (κ2) is 11.1. The zero-order valence-electron chi connectivity index (χ0n) is 20.4. The van der Waals surface area contributed by atoms with Crippen LogP contribution in [0.5, 0.6) is 17.2 Å². The summed E-state index contributed by atoms with van der Waals surface area (Å²) in [6.07, 6.45) is 2.45. The van der Waals surface area contributed by atoms with Gasteiger partial charge in [-0.3, -0.25) is 4.79 Å². The van der Waals surface area contributed by atoms with E-state index in [2.05, 4.69) is 10.2 Å². The van der Waals surface area contributed by atoms with Gasteiger partial charge in [-0.25, -0.2) is 0 Å². The van der Waals surface area contributed by atoms with E-state index in [0.717, 1.165) is 50.1 Å². The molecule has 4 rings (SSSR count). The number of ether oxygens (including phenoxy) is 2. The van der Waals surface area contributed by atoms with Crippen molar-refractivity contribution >= 4 is 17.5 Å². The van der Waals surface area contributed by atoms with Crippen LogP contribution < -0.4 is 14.8 Å². The smallest absolute Gasteiger partial charge is 0.255 e. The monoisotopic (exact) mass is 502 g/mol. The molecule has 0 radical (unpaired) electrons. The van der Waals surface area contributed by atoms with Gasteiger partial charge in [0.2, 0.25) is 0 Å². The van der Waals surface area contributed by atoms with Crippen LogP contribution in [-0.4, -0.2) is 65.0 Å². The number of phenolic OH excluding ortho intramolecular Hbond substituents is 1. The maximum absolute atomic E-state index is 12.7. The van der Waals surface area contributed by atoms with Gasteiger partial charge in [-0.2, -0.15) is 0 Å². The molecule has 8 heteroatoms. The van der Waals surface area contributed by atoms with Crippen molar-refractivity contribution in [3.63, 3.8) is 0 Å². The summed E-state index contributed by atoms with van der Waals surface area (Å²) in [4.78, 5) is 14.9. The fourth-order valence-corrected chi connectivity index (χ4v) is 5.36. The molecule has 2 atom stereocenters. The third-order valence-corrected chi connectivity index (χ3v) is 7.73. The summed E-state index contributed by atoms with van der Waals surface area (Å²) in [5.74, 6) is 0.873. The van der Waals surface area contributed by atoms with Crippen molar-refractivity contribution in [2.75, 3.05) is 26.2 Å². The molecule has 1 saturated heterocycles. The van der Waals surface area contributed by atoms with Crippen LogP contribution in [0.15, 0.2) is 42.5 Å². The van der Waals surface area contributed by atoms with Crippen LogP contribution in [0.2, 0.25) is 0 Å². The van der Waals surface area contributed by atoms with Crippen molar-refractivity contribution in [1.82, 2.24) is 10.2 Å². The quantitative estimate of drug-likeness (QED) is 0.444. The molecule has 2 aromatic carbocycles. The fourth-order valence-electron chi connectivity index (χ4n) is 4.92. The Morgan fingerprint density at radius 3 is 2.63 bits per heavy atom. The molecule has 1 spiro atoms. The average Bonchev–Trinajstić information content (AvgIpc) is 3.13. The molecule has 190 valence electrons. The number of likely N-dealkylation sites (tertiary alicyclic amines) is 1. The van der Waals surface area contributed by atoms with Crippen LogP contribution in [-0.2, 0) is 0 Å². The molecule has 0 aliphatic carbocycles. The van der Waals surface area contributed by atoms with Gasteiger partial charge in [-0.15, -0.1) is 11.6 Å². The number of aliphatic hydroxyl groups is 1. The Bertz CT molecular complexity index is 1020. The predicted molar refractivity (Wildman–Crippen MR) is 136 cm³/mol. The number of piperidine rings is 1. The van der Waals surface area contributed by atoms with Crippen LogP contribution in [0, 0.1) is 0 Å². The van der Waals surface area contributed by atoms with Gasteiger partial charge in [0.05, 0.1) is 5.56 Å². The maximum atomic E-state index is 12.7. The minimum atomic E-state index is -0.755. The highest BCUT2D eigenvalue weighted by Crippen LogP contribution is 2.51. The summed E-state index contributed by atoms with van der Waals surface area (Å²) in [6, 6.07) is 12.4. The molecular formula is C27H35ClN2O5. The van der Waals surface area contributed by atoms with Crippen molar-refractivity contribution in [1.29, 1.82) is 0 Å². The molecule has 1 amide bonds. The summed E-state index contributed by atoms with van der Waals surface area (Å²) in [5, 5.41) is 23.4. The lowest BCUT2D eigenvalue weighted by Gasteiger charge is -2.40.